The molecule has 2 atom stereocenters. The lowest BCUT2D eigenvalue weighted by atomic mass is 10.1. The minimum absolute atomic E-state index is 0.0795. The van der Waals surface area contributed by atoms with E-state index in [1.165, 1.54) is 0 Å². The molecule has 0 radical (unpaired) electrons. The number of primary amides is 1. The van der Waals surface area contributed by atoms with E-state index in [2.05, 4.69) is 12.2 Å². The number of carbonyl (C=O) groups excluding carboxylic acids is 3. The van der Waals surface area contributed by atoms with Crippen LogP contribution in [-0.2, 0) is 14.4 Å². The van der Waals surface area contributed by atoms with E-state index in [1.807, 2.05) is 6.92 Å². The normalized spacial score (nSPS) is 19.0. The van der Waals surface area contributed by atoms with Gasteiger partial charge in [0.2, 0.25) is 17.7 Å². The first-order valence-corrected chi connectivity index (χ1v) is 8.33. The van der Waals surface area contributed by atoms with Crippen LogP contribution in [0.4, 0.5) is 0 Å². The van der Waals surface area contributed by atoms with Gasteiger partial charge in [-0.05, 0) is 32.6 Å². The summed E-state index contributed by atoms with van der Waals surface area (Å²) in [6.45, 7) is 4.62. The number of rotatable bonds is 9. The Kier molecular flexibility index (Phi) is 7.91. The molecular formula is C16H29N3O3. The first kappa shape index (κ1) is 18.5. The van der Waals surface area contributed by atoms with Gasteiger partial charge in [0.25, 0.3) is 0 Å². The maximum absolute atomic E-state index is 12.3. The van der Waals surface area contributed by atoms with Crippen molar-refractivity contribution in [3.63, 3.8) is 0 Å². The van der Waals surface area contributed by atoms with E-state index in [1.54, 1.807) is 4.90 Å². The van der Waals surface area contributed by atoms with Crippen molar-refractivity contribution in [3.8, 4) is 0 Å². The molecule has 3 N–H and O–H groups in total. The minimum atomic E-state index is -0.366. The summed E-state index contributed by atoms with van der Waals surface area (Å²) in [6, 6.07) is -0.470. The fourth-order valence-corrected chi connectivity index (χ4v) is 2.78. The summed E-state index contributed by atoms with van der Waals surface area (Å²) in [4.78, 5) is 37.0. The Balaban J connectivity index is 2.45. The maximum atomic E-state index is 12.3. The van der Waals surface area contributed by atoms with Gasteiger partial charge in [0.1, 0.15) is 6.04 Å². The quantitative estimate of drug-likeness (QED) is 0.629. The molecule has 0 aromatic rings. The van der Waals surface area contributed by atoms with Crippen molar-refractivity contribution in [2.24, 2.45) is 5.73 Å². The molecule has 0 aliphatic carbocycles. The van der Waals surface area contributed by atoms with Crippen LogP contribution in [0.2, 0.25) is 0 Å². The molecule has 0 aromatic heterocycles. The molecule has 0 bridgehead atoms. The number of hydrogen-bond donors (Lipinski definition) is 2. The number of nitrogens with zero attached hydrogens (tertiary/aromatic N) is 1. The second-order valence-corrected chi connectivity index (χ2v) is 6.12. The van der Waals surface area contributed by atoms with E-state index in [-0.39, 0.29) is 36.2 Å². The molecule has 1 aliphatic rings. The molecule has 1 aliphatic heterocycles. The average Bonchev–Trinajstić information content (AvgIpc) is 2.94. The number of hydrogen-bond acceptors (Lipinski definition) is 3. The summed E-state index contributed by atoms with van der Waals surface area (Å²) < 4.78 is 0. The van der Waals surface area contributed by atoms with Crippen molar-refractivity contribution in [2.75, 3.05) is 6.54 Å². The van der Waals surface area contributed by atoms with Crippen molar-refractivity contribution < 1.29 is 14.4 Å². The molecule has 0 spiro atoms. The van der Waals surface area contributed by atoms with Gasteiger partial charge in [-0.15, -0.1) is 0 Å². The molecule has 1 unspecified atom stereocenters. The van der Waals surface area contributed by atoms with Gasteiger partial charge in [-0.1, -0.05) is 19.8 Å². The number of nitrogens with one attached hydrogen (secondary N) is 1. The van der Waals surface area contributed by atoms with Gasteiger partial charge < -0.3 is 16.0 Å². The molecule has 6 heteroatoms. The lowest BCUT2D eigenvalue weighted by molar-refractivity contribution is -0.138. The average molecular weight is 311 g/mol. The number of nitrogens with two attached hydrogens (primary N) is 1. The Labute approximate surface area is 132 Å². The van der Waals surface area contributed by atoms with Crippen molar-refractivity contribution in [1.82, 2.24) is 10.2 Å². The molecule has 1 heterocycles. The Morgan fingerprint density at radius 1 is 1.27 bits per heavy atom. The fourth-order valence-electron chi connectivity index (χ4n) is 2.78. The van der Waals surface area contributed by atoms with Crippen molar-refractivity contribution in [3.05, 3.63) is 0 Å². The van der Waals surface area contributed by atoms with E-state index in [0.717, 1.165) is 25.7 Å². The lowest BCUT2D eigenvalue weighted by Gasteiger charge is -2.25. The van der Waals surface area contributed by atoms with Crippen LogP contribution in [0.1, 0.15) is 65.2 Å². The van der Waals surface area contributed by atoms with Gasteiger partial charge in [0, 0.05) is 25.4 Å². The van der Waals surface area contributed by atoms with Gasteiger partial charge in [0.15, 0.2) is 0 Å². The first-order valence-electron chi connectivity index (χ1n) is 8.33. The van der Waals surface area contributed by atoms with Crippen LogP contribution < -0.4 is 11.1 Å². The van der Waals surface area contributed by atoms with E-state index in [9.17, 15) is 14.4 Å². The highest BCUT2D eigenvalue weighted by Crippen LogP contribution is 2.19. The molecular weight excluding hydrogens is 282 g/mol. The van der Waals surface area contributed by atoms with E-state index < -0.39 is 0 Å². The second kappa shape index (κ2) is 9.43. The van der Waals surface area contributed by atoms with Crippen LogP contribution in [0.15, 0.2) is 0 Å². The summed E-state index contributed by atoms with van der Waals surface area (Å²) in [5, 5.41) is 2.89. The second-order valence-electron chi connectivity index (χ2n) is 6.12. The maximum Gasteiger partial charge on any atom is 0.243 e. The zero-order chi connectivity index (χ0) is 16.5. The van der Waals surface area contributed by atoms with Crippen LogP contribution in [0.3, 0.4) is 0 Å². The summed E-state index contributed by atoms with van der Waals surface area (Å²) in [5.41, 5.74) is 5.11. The van der Waals surface area contributed by atoms with Gasteiger partial charge >= 0.3 is 0 Å². The van der Waals surface area contributed by atoms with Crippen LogP contribution in [0.25, 0.3) is 0 Å². The van der Waals surface area contributed by atoms with Gasteiger partial charge in [0.05, 0.1) is 0 Å². The molecule has 22 heavy (non-hydrogen) atoms. The van der Waals surface area contributed by atoms with Crippen LogP contribution in [0, 0.1) is 0 Å². The largest absolute Gasteiger partial charge is 0.370 e. The minimum Gasteiger partial charge on any atom is -0.370 e. The molecule has 6 nitrogen and oxygen atoms in total. The molecule has 1 saturated heterocycles. The van der Waals surface area contributed by atoms with E-state index >= 15 is 0 Å². The molecule has 0 saturated carbocycles. The molecule has 1 rings (SSSR count). The Morgan fingerprint density at radius 3 is 2.64 bits per heavy atom. The highest BCUT2D eigenvalue weighted by Gasteiger charge is 2.33. The zero-order valence-corrected chi connectivity index (χ0v) is 13.8. The third-order valence-electron chi connectivity index (χ3n) is 4.08. The fraction of sp³-hybridized carbons (Fsp3) is 0.812. The van der Waals surface area contributed by atoms with Crippen LogP contribution >= 0.6 is 0 Å². The van der Waals surface area contributed by atoms with Gasteiger partial charge in [-0.2, -0.15) is 0 Å². The molecule has 3 amide bonds. The Bertz CT molecular complexity index is 398. The number of likely N-dealkylation sites (tertiary alicyclic amines) is 1. The smallest absolute Gasteiger partial charge is 0.243 e. The Morgan fingerprint density at radius 2 is 2.00 bits per heavy atom. The Hall–Kier alpha value is -1.59. The monoisotopic (exact) mass is 311 g/mol. The van der Waals surface area contributed by atoms with Crippen LogP contribution in [0.5, 0.6) is 0 Å². The topological polar surface area (TPSA) is 92.5 Å². The van der Waals surface area contributed by atoms with Crippen molar-refractivity contribution in [1.29, 1.82) is 0 Å². The van der Waals surface area contributed by atoms with E-state index in [4.69, 9.17) is 5.73 Å². The van der Waals surface area contributed by atoms with Crippen LogP contribution in [-0.4, -0.2) is 41.2 Å². The number of carbonyl (C=O) groups is 3. The third-order valence-corrected chi connectivity index (χ3v) is 4.08. The molecule has 0 aromatic carbocycles. The van der Waals surface area contributed by atoms with E-state index in [0.29, 0.717) is 25.8 Å². The number of unbranched alkanes of at least 4 members (excludes halogenated alkanes) is 2. The predicted molar refractivity (Wildman–Crippen MR) is 84.9 cm³/mol. The highest BCUT2D eigenvalue weighted by atomic mass is 16.2. The summed E-state index contributed by atoms with van der Waals surface area (Å²) in [6.07, 6.45) is 5.89. The summed E-state index contributed by atoms with van der Waals surface area (Å²) in [5.74, 6) is -0.399. The highest BCUT2D eigenvalue weighted by molar-refractivity contribution is 5.88. The predicted octanol–water partition coefficient (Wildman–Crippen LogP) is 1.33. The summed E-state index contributed by atoms with van der Waals surface area (Å²) in [7, 11) is 0. The number of amides is 3. The SMILES string of the molecule is CCCCCC(=O)N1CCC[C@H]1C(=O)NC(C)CCC(N)=O. The zero-order valence-electron chi connectivity index (χ0n) is 13.8. The van der Waals surface area contributed by atoms with Gasteiger partial charge in [-0.25, -0.2) is 0 Å². The van der Waals surface area contributed by atoms with Crippen molar-refractivity contribution in [2.45, 2.75) is 77.3 Å². The summed E-state index contributed by atoms with van der Waals surface area (Å²) >= 11 is 0. The first-order chi connectivity index (χ1) is 10.5. The molecule has 126 valence electrons. The standard InChI is InChI=1S/C16H29N3O3/c1-3-4-5-8-15(21)19-11-6-7-13(19)16(22)18-12(2)9-10-14(17)20/h12-13H,3-11H2,1-2H3,(H2,17,20)(H,18,22)/t12?,13-/m0/s1. The third kappa shape index (κ3) is 6.03. The van der Waals surface area contributed by atoms with Crippen molar-refractivity contribution >= 4 is 17.7 Å². The molecule has 1 fully saturated rings. The van der Waals surface area contributed by atoms with Gasteiger partial charge in [-0.3, -0.25) is 14.4 Å². The lowest BCUT2D eigenvalue weighted by Crippen LogP contribution is -2.48.